The minimum Gasteiger partial charge on any atom is -0.336 e. The van der Waals surface area contributed by atoms with Gasteiger partial charge in [0.05, 0.1) is 0 Å². The molecule has 74 valence electrons. The minimum atomic E-state index is -4.28. The van der Waals surface area contributed by atoms with E-state index in [1.54, 1.807) is 0 Å². The van der Waals surface area contributed by atoms with Crippen LogP contribution in [-0.4, -0.2) is 35.7 Å². The summed E-state index contributed by atoms with van der Waals surface area (Å²) in [6, 6.07) is -0.588. The number of nitrogens with zero attached hydrogens (tertiary/aromatic N) is 1. The number of nitrogens with one attached hydrogen (secondary N) is 1. The van der Waals surface area contributed by atoms with Gasteiger partial charge in [-0.05, 0) is 12.8 Å². The first kappa shape index (κ1) is 8.65. The van der Waals surface area contributed by atoms with Crippen molar-refractivity contribution in [2.45, 2.75) is 24.6 Å². The van der Waals surface area contributed by atoms with Crippen LogP contribution in [-0.2, 0) is 0 Å². The minimum absolute atomic E-state index is 0.0456. The van der Waals surface area contributed by atoms with Gasteiger partial charge in [0, 0.05) is 13.1 Å². The molecule has 0 atom stereocenters. The predicted molar refractivity (Wildman–Crippen MR) is 38.1 cm³/mol. The number of urea groups is 1. The molecule has 0 aromatic carbocycles. The third-order valence-electron chi connectivity index (χ3n) is 2.62. The molecular weight excluding hydrogens is 185 g/mol. The smallest absolute Gasteiger partial charge is 0.336 e. The van der Waals surface area contributed by atoms with Crippen LogP contribution in [0.15, 0.2) is 0 Å². The summed E-state index contributed by atoms with van der Waals surface area (Å²) in [4.78, 5) is 11.9. The van der Waals surface area contributed by atoms with Gasteiger partial charge in [-0.3, -0.25) is 0 Å². The van der Waals surface area contributed by atoms with Gasteiger partial charge in [-0.2, -0.15) is 13.2 Å². The molecule has 1 aliphatic heterocycles. The van der Waals surface area contributed by atoms with E-state index < -0.39 is 17.7 Å². The maximum absolute atomic E-state index is 12.5. The highest BCUT2D eigenvalue weighted by atomic mass is 19.4. The van der Waals surface area contributed by atoms with Gasteiger partial charge in [-0.25, -0.2) is 4.79 Å². The molecule has 1 N–H and O–H groups in total. The number of carbonyl (C=O) groups is 1. The molecule has 13 heavy (non-hydrogen) atoms. The van der Waals surface area contributed by atoms with Crippen molar-refractivity contribution in [3.63, 3.8) is 0 Å². The molecule has 0 radical (unpaired) electrons. The lowest BCUT2D eigenvalue weighted by Crippen LogP contribution is -2.49. The van der Waals surface area contributed by atoms with Crippen LogP contribution in [0, 0.1) is 0 Å². The third kappa shape index (κ3) is 1.08. The van der Waals surface area contributed by atoms with Crippen molar-refractivity contribution in [3.05, 3.63) is 0 Å². The fraction of sp³-hybridized carbons (Fsp3) is 0.857. The molecule has 1 saturated heterocycles. The Kier molecular flexibility index (Phi) is 1.53. The molecule has 1 saturated carbocycles. The Morgan fingerprint density at radius 1 is 1.38 bits per heavy atom. The van der Waals surface area contributed by atoms with Crippen LogP contribution < -0.4 is 5.32 Å². The second-order valence-electron chi connectivity index (χ2n) is 3.41. The van der Waals surface area contributed by atoms with Gasteiger partial charge < -0.3 is 10.2 Å². The molecule has 0 aromatic rings. The Labute approximate surface area is 72.9 Å². The molecule has 2 aliphatic rings. The van der Waals surface area contributed by atoms with Gasteiger partial charge in [-0.1, -0.05) is 0 Å². The Morgan fingerprint density at radius 3 is 2.31 bits per heavy atom. The van der Waals surface area contributed by atoms with Gasteiger partial charge in [0.1, 0.15) is 5.54 Å². The van der Waals surface area contributed by atoms with E-state index in [9.17, 15) is 18.0 Å². The first-order chi connectivity index (χ1) is 5.97. The number of carbonyl (C=O) groups excluding carboxylic acids is 1. The van der Waals surface area contributed by atoms with Crippen molar-refractivity contribution >= 4 is 6.03 Å². The van der Waals surface area contributed by atoms with Gasteiger partial charge in [0.2, 0.25) is 0 Å². The Bertz CT molecular complexity index is 247. The lowest BCUT2D eigenvalue weighted by Gasteiger charge is -2.28. The quantitative estimate of drug-likeness (QED) is 0.666. The summed E-state index contributed by atoms with van der Waals surface area (Å²) in [7, 11) is 0. The van der Waals surface area contributed by atoms with E-state index in [-0.39, 0.29) is 19.4 Å². The predicted octanol–water partition coefficient (Wildman–Crippen LogP) is 1.11. The summed E-state index contributed by atoms with van der Waals surface area (Å²) in [6.07, 6.45) is -4.19. The van der Waals surface area contributed by atoms with Crippen LogP contribution in [0.2, 0.25) is 0 Å². The lowest BCUT2D eigenvalue weighted by atomic mass is 10.2. The van der Waals surface area contributed by atoms with Crippen molar-refractivity contribution < 1.29 is 18.0 Å². The highest BCUT2D eigenvalue weighted by Gasteiger charge is 2.68. The van der Waals surface area contributed by atoms with E-state index in [4.69, 9.17) is 0 Å². The maximum atomic E-state index is 12.5. The summed E-state index contributed by atoms with van der Waals surface area (Å²) in [6.45, 7) is 0.481. The average molecular weight is 194 g/mol. The van der Waals surface area contributed by atoms with Crippen LogP contribution in [0.1, 0.15) is 12.8 Å². The molecule has 1 aliphatic carbocycles. The molecule has 2 amide bonds. The number of hydrogen-bond acceptors (Lipinski definition) is 1. The molecular formula is C7H9F3N2O. The topological polar surface area (TPSA) is 32.3 Å². The number of halogens is 3. The van der Waals surface area contributed by atoms with Crippen molar-refractivity contribution in [3.8, 4) is 0 Å². The van der Waals surface area contributed by atoms with Gasteiger partial charge in [0.15, 0.2) is 0 Å². The summed E-state index contributed by atoms with van der Waals surface area (Å²) >= 11 is 0. The van der Waals surface area contributed by atoms with E-state index in [1.165, 1.54) is 0 Å². The SMILES string of the molecule is O=C1NCCN1C1(C(F)(F)F)CC1. The molecule has 1 heterocycles. The van der Waals surface area contributed by atoms with Gasteiger partial charge in [-0.15, -0.1) is 0 Å². The summed E-state index contributed by atoms with van der Waals surface area (Å²) in [5.74, 6) is 0. The van der Waals surface area contributed by atoms with E-state index in [2.05, 4.69) is 5.32 Å². The van der Waals surface area contributed by atoms with Crippen LogP contribution >= 0.6 is 0 Å². The van der Waals surface area contributed by atoms with Gasteiger partial charge in [0.25, 0.3) is 0 Å². The monoisotopic (exact) mass is 194 g/mol. The number of hydrogen-bond donors (Lipinski definition) is 1. The molecule has 2 rings (SSSR count). The second kappa shape index (κ2) is 2.30. The van der Waals surface area contributed by atoms with Crippen molar-refractivity contribution in [2.24, 2.45) is 0 Å². The summed E-state index contributed by atoms with van der Waals surface area (Å²) in [5.41, 5.74) is -1.84. The maximum Gasteiger partial charge on any atom is 0.411 e. The molecule has 0 unspecified atom stereocenters. The zero-order valence-corrected chi connectivity index (χ0v) is 6.82. The van der Waals surface area contributed by atoms with E-state index >= 15 is 0 Å². The van der Waals surface area contributed by atoms with Crippen LogP contribution in [0.4, 0.5) is 18.0 Å². The van der Waals surface area contributed by atoms with Crippen molar-refractivity contribution in [2.75, 3.05) is 13.1 Å². The van der Waals surface area contributed by atoms with E-state index in [0.717, 1.165) is 4.90 Å². The molecule has 0 bridgehead atoms. The second-order valence-corrected chi connectivity index (χ2v) is 3.41. The molecule has 0 aromatic heterocycles. The summed E-state index contributed by atoms with van der Waals surface area (Å²) in [5, 5.41) is 2.37. The molecule has 3 nitrogen and oxygen atoms in total. The fourth-order valence-electron chi connectivity index (χ4n) is 1.70. The van der Waals surface area contributed by atoms with Crippen molar-refractivity contribution in [1.82, 2.24) is 10.2 Å². The largest absolute Gasteiger partial charge is 0.411 e. The number of alkyl halides is 3. The zero-order valence-electron chi connectivity index (χ0n) is 6.82. The molecule has 2 fully saturated rings. The molecule has 0 spiro atoms. The third-order valence-corrected chi connectivity index (χ3v) is 2.62. The Hall–Kier alpha value is -0.940. The first-order valence-electron chi connectivity index (χ1n) is 4.10. The fourth-order valence-corrected chi connectivity index (χ4v) is 1.70. The normalized spacial score (nSPS) is 26.1. The average Bonchev–Trinajstić information content (AvgIpc) is 2.70. The van der Waals surface area contributed by atoms with Crippen LogP contribution in [0.25, 0.3) is 0 Å². The van der Waals surface area contributed by atoms with Crippen molar-refractivity contribution in [1.29, 1.82) is 0 Å². The number of amides is 2. The highest BCUT2D eigenvalue weighted by molar-refractivity contribution is 5.77. The molecule has 6 heteroatoms. The first-order valence-corrected chi connectivity index (χ1v) is 4.10. The number of rotatable bonds is 1. The standard InChI is InChI=1S/C7H9F3N2O/c8-7(9,10)6(1-2-6)12-4-3-11-5(12)13/h1-4H2,(H,11,13). The van der Waals surface area contributed by atoms with E-state index in [0.29, 0.717) is 6.54 Å². The van der Waals surface area contributed by atoms with Crippen LogP contribution in [0.5, 0.6) is 0 Å². The Balaban J connectivity index is 2.20. The van der Waals surface area contributed by atoms with Crippen LogP contribution in [0.3, 0.4) is 0 Å². The highest BCUT2D eigenvalue weighted by Crippen LogP contribution is 2.53. The zero-order chi connectivity index (χ0) is 9.69. The van der Waals surface area contributed by atoms with Gasteiger partial charge >= 0.3 is 12.2 Å². The summed E-state index contributed by atoms with van der Waals surface area (Å²) < 4.78 is 37.5. The Morgan fingerprint density at radius 2 is 2.00 bits per heavy atom. The lowest BCUT2D eigenvalue weighted by molar-refractivity contribution is -0.185. The van der Waals surface area contributed by atoms with E-state index in [1.807, 2.05) is 0 Å².